The number of benzene rings is 1. The normalized spacial score (nSPS) is 17.6. The smallest absolute Gasteiger partial charge is 0.320 e. The second-order valence-corrected chi connectivity index (χ2v) is 6.54. The van der Waals surface area contributed by atoms with Crippen LogP contribution in [0.2, 0.25) is 0 Å². The van der Waals surface area contributed by atoms with Crippen molar-refractivity contribution >= 4 is 28.3 Å². The van der Waals surface area contributed by atoms with Crippen molar-refractivity contribution < 1.29 is 23.5 Å². The number of amides is 1. The number of carboxylic acid groups (broad SMARTS) is 1. The zero-order chi connectivity index (χ0) is 18.0. The van der Waals surface area contributed by atoms with Crippen LogP contribution in [0.15, 0.2) is 23.6 Å². The molecule has 1 fully saturated rings. The lowest BCUT2D eigenvalue weighted by molar-refractivity contribution is -0.142. The number of aromatic nitrogens is 1. The molecule has 9 heteroatoms. The van der Waals surface area contributed by atoms with E-state index in [1.807, 2.05) is 0 Å². The lowest BCUT2D eigenvalue weighted by atomic mass is 10.2. The van der Waals surface area contributed by atoms with E-state index in [4.69, 9.17) is 5.11 Å². The van der Waals surface area contributed by atoms with Crippen LogP contribution >= 0.6 is 11.3 Å². The highest BCUT2D eigenvalue weighted by molar-refractivity contribution is 7.14. The summed E-state index contributed by atoms with van der Waals surface area (Å²) in [5.74, 6) is -3.20. The summed E-state index contributed by atoms with van der Waals surface area (Å²) in [6, 6.07) is 2.82. The van der Waals surface area contributed by atoms with Gasteiger partial charge in [0.1, 0.15) is 6.04 Å². The first-order valence-corrected chi connectivity index (χ1v) is 8.49. The minimum Gasteiger partial charge on any atom is -0.480 e. The summed E-state index contributed by atoms with van der Waals surface area (Å²) in [5.41, 5.74) is 0.824. The van der Waals surface area contributed by atoms with Gasteiger partial charge in [-0.3, -0.25) is 14.5 Å². The Bertz CT molecular complexity index is 812. The van der Waals surface area contributed by atoms with Crippen molar-refractivity contribution in [3.05, 3.63) is 35.2 Å². The molecule has 0 radical (unpaired) electrons. The molecular formula is C16H15F2N3O3S. The maximum absolute atomic E-state index is 13.3. The minimum absolute atomic E-state index is 0.0307. The number of nitrogens with zero attached hydrogens (tertiary/aromatic N) is 2. The number of hydrogen-bond acceptors (Lipinski definition) is 5. The molecule has 1 atom stereocenters. The maximum Gasteiger partial charge on any atom is 0.320 e. The largest absolute Gasteiger partial charge is 0.480 e. The third kappa shape index (κ3) is 3.99. The van der Waals surface area contributed by atoms with E-state index in [1.165, 1.54) is 6.07 Å². The van der Waals surface area contributed by atoms with E-state index in [2.05, 4.69) is 10.3 Å². The standard InChI is InChI=1S/C16H15F2N3O3S/c17-10-4-3-9(6-11(10)18)12-8-25-16(19-12)20-14(22)7-21-5-1-2-13(21)15(23)24/h3-4,6,8,13H,1-2,5,7H2,(H,23,24)(H,19,20,22)/t13-/m1/s1. The van der Waals surface area contributed by atoms with E-state index >= 15 is 0 Å². The van der Waals surface area contributed by atoms with Crippen LogP contribution in [-0.2, 0) is 9.59 Å². The lowest BCUT2D eigenvalue weighted by Gasteiger charge is -2.19. The number of carbonyl (C=O) groups excluding carboxylic acids is 1. The number of hydrogen-bond donors (Lipinski definition) is 2. The Hall–Kier alpha value is -2.39. The average Bonchev–Trinajstić information content (AvgIpc) is 3.19. The molecule has 0 spiro atoms. The summed E-state index contributed by atoms with van der Waals surface area (Å²) in [6.45, 7) is 0.527. The molecule has 2 heterocycles. The lowest BCUT2D eigenvalue weighted by Crippen LogP contribution is -2.40. The molecule has 1 aromatic heterocycles. The molecule has 132 valence electrons. The monoisotopic (exact) mass is 367 g/mol. The zero-order valence-electron chi connectivity index (χ0n) is 13.0. The van der Waals surface area contributed by atoms with E-state index in [0.717, 1.165) is 29.9 Å². The summed E-state index contributed by atoms with van der Waals surface area (Å²) in [5, 5.41) is 13.7. The van der Waals surface area contributed by atoms with E-state index < -0.39 is 23.6 Å². The molecule has 2 N–H and O–H groups in total. The van der Waals surface area contributed by atoms with Crippen LogP contribution in [0.25, 0.3) is 11.3 Å². The fourth-order valence-electron chi connectivity index (χ4n) is 2.76. The van der Waals surface area contributed by atoms with Crippen LogP contribution in [0.1, 0.15) is 12.8 Å². The fourth-order valence-corrected chi connectivity index (χ4v) is 3.49. The first-order valence-electron chi connectivity index (χ1n) is 7.61. The summed E-state index contributed by atoms with van der Waals surface area (Å²) >= 11 is 1.15. The molecule has 1 aliphatic rings. The van der Waals surface area contributed by atoms with Gasteiger partial charge in [0.25, 0.3) is 0 Å². The Balaban J connectivity index is 1.64. The third-order valence-electron chi connectivity index (χ3n) is 3.96. The third-order valence-corrected chi connectivity index (χ3v) is 4.72. The van der Waals surface area contributed by atoms with Gasteiger partial charge in [0.05, 0.1) is 12.2 Å². The van der Waals surface area contributed by atoms with Gasteiger partial charge in [0, 0.05) is 10.9 Å². The second-order valence-electron chi connectivity index (χ2n) is 5.68. The van der Waals surface area contributed by atoms with Gasteiger partial charge >= 0.3 is 5.97 Å². The molecule has 0 aliphatic carbocycles. The quantitative estimate of drug-likeness (QED) is 0.849. The van der Waals surface area contributed by atoms with Crippen molar-refractivity contribution in [3.63, 3.8) is 0 Å². The highest BCUT2D eigenvalue weighted by Gasteiger charge is 2.31. The molecule has 1 amide bonds. The van der Waals surface area contributed by atoms with Gasteiger partial charge in [-0.1, -0.05) is 0 Å². The van der Waals surface area contributed by atoms with E-state index in [9.17, 15) is 18.4 Å². The average molecular weight is 367 g/mol. The van der Waals surface area contributed by atoms with Crippen molar-refractivity contribution in [2.24, 2.45) is 0 Å². The molecule has 1 aromatic carbocycles. The van der Waals surface area contributed by atoms with Crippen molar-refractivity contribution in [1.29, 1.82) is 0 Å². The molecule has 6 nitrogen and oxygen atoms in total. The van der Waals surface area contributed by atoms with E-state index in [-0.39, 0.29) is 12.5 Å². The molecule has 0 bridgehead atoms. The van der Waals surface area contributed by atoms with Gasteiger partial charge in [-0.25, -0.2) is 13.8 Å². The van der Waals surface area contributed by atoms with Gasteiger partial charge in [-0.2, -0.15) is 0 Å². The van der Waals surface area contributed by atoms with Gasteiger partial charge in [-0.15, -0.1) is 11.3 Å². The van der Waals surface area contributed by atoms with Gasteiger partial charge < -0.3 is 10.4 Å². The summed E-state index contributed by atoms with van der Waals surface area (Å²) < 4.78 is 26.3. The zero-order valence-corrected chi connectivity index (χ0v) is 13.9. The minimum atomic E-state index is -0.968. The molecule has 1 saturated heterocycles. The number of carboxylic acids is 1. The highest BCUT2D eigenvalue weighted by atomic mass is 32.1. The van der Waals surface area contributed by atoms with Gasteiger partial charge in [0.15, 0.2) is 16.8 Å². The van der Waals surface area contributed by atoms with Crippen molar-refractivity contribution in [1.82, 2.24) is 9.88 Å². The summed E-state index contributed by atoms with van der Waals surface area (Å²) in [6.07, 6.45) is 1.27. The Labute approximate surface area is 146 Å². The van der Waals surface area contributed by atoms with Crippen LogP contribution < -0.4 is 5.32 Å². The SMILES string of the molecule is O=C(CN1CCC[C@@H]1C(=O)O)Nc1nc(-c2ccc(F)c(F)c2)cs1. The molecule has 25 heavy (non-hydrogen) atoms. The molecule has 0 saturated carbocycles. The van der Waals surface area contributed by atoms with Crippen molar-refractivity contribution in [2.45, 2.75) is 18.9 Å². The Morgan fingerprint density at radius 2 is 2.16 bits per heavy atom. The van der Waals surface area contributed by atoms with Gasteiger partial charge in [0.2, 0.25) is 5.91 Å². The maximum atomic E-state index is 13.3. The predicted molar refractivity (Wildman–Crippen MR) is 88.3 cm³/mol. The van der Waals surface area contributed by atoms with Crippen LogP contribution in [0.4, 0.5) is 13.9 Å². The van der Waals surface area contributed by atoms with E-state index in [0.29, 0.717) is 29.4 Å². The fraction of sp³-hybridized carbons (Fsp3) is 0.312. The highest BCUT2D eigenvalue weighted by Crippen LogP contribution is 2.26. The Morgan fingerprint density at radius 1 is 1.36 bits per heavy atom. The second kappa shape index (κ2) is 7.24. The first-order chi connectivity index (χ1) is 11.9. The number of halogens is 2. The number of nitrogens with one attached hydrogen (secondary N) is 1. The molecule has 3 rings (SSSR count). The predicted octanol–water partition coefficient (Wildman–Crippen LogP) is 2.58. The first kappa shape index (κ1) is 17.4. The number of likely N-dealkylation sites (tertiary alicyclic amines) is 1. The number of aliphatic carboxylic acids is 1. The van der Waals surface area contributed by atoms with Crippen LogP contribution in [0, 0.1) is 11.6 Å². The van der Waals surface area contributed by atoms with Crippen LogP contribution in [-0.4, -0.2) is 46.0 Å². The molecular weight excluding hydrogens is 352 g/mol. The van der Waals surface area contributed by atoms with Crippen LogP contribution in [0.5, 0.6) is 0 Å². The van der Waals surface area contributed by atoms with Crippen molar-refractivity contribution in [3.8, 4) is 11.3 Å². The number of rotatable bonds is 5. The number of carbonyl (C=O) groups is 2. The summed E-state index contributed by atoms with van der Waals surface area (Å²) in [7, 11) is 0. The molecule has 1 aliphatic heterocycles. The number of anilines is 1. The molecule has 2 aromatic rings. The Morgan fingerprint density at radius 3 is 2.88 bits per heavy atom. The van der Waals surface area contributed by atoms with Crippen LogP contribution in [0.3, 0.4) is 0 Å². The molecule has 0 unspecified atom stereocenters. The van der Waals surface area contributed by atoms with Gasteiger partial charge in [-0.05, 0) is 37.6 Å². The van der Waals surface area contributed by atoms with E-state index in [1.54, 1.807) is 10.3 Å². The van der Waals surface area contributed by atoms with Crippen molar-refractivity contribution in [2.75, 3.05) is 18.4 Å². The Kier molecular flexibility index (Phi) is 5.05. The topological polar surface area (TPSA) is 82.5 Å². The number of thiazole rings is 1. The summed E-state index contributed by atoms with van der Waals surface area (Å²) in [4.78, 5) is 29.0.